The van der Waals surface area contributed by atoms with Crippen LogP contribution in [0.2, 0.25) is 18.1 Å². The first kappa shape index (κ1) is 19.6. The van der Waals surface area contributed by atoms with E-state index in [9.17, 15) is 5.11 Å². The molecular weight excluding hydrogens is 344 g/mol. The summed E-state index contributed by atoms with van der Waals surface area (Å²) in [5, 5.41) is 12.7. The molecule has 0 saturated heterocycles. The van der Waals surface area contributed by atoms with Crippen LogP contribution in [0.1, 0.15) is 64.4 Å². The summed E-state index contributed by atoms with van der Waals surface area (Å²) in [4.78, 5) is 1.12. The Kier molecular flexibility index (Phi) is 5.31. The molecule has 0 spiro atoms. The lowest BCUT2D eigenvalue weighted by Crippen LogP contribution is -2.41. The van der Waals surface area contributed by atoms with Gasteiger partial charge in [-0.1, -0.05) is 33.8 Å². The van der Waals surface area contributed by atoms with Crippen molar-refractivity contribution >= 4 is 19.7 Å². The fourth-order valence-electron chi connectivity index (χ4n) is 3.98. The van der Waals surface area contributed by atoms with Gasteiger partial charge in [0.05, 0.1) is 6.10 Å². The Bertz CT molecular complexity index is 577. The molecule has 2 aliphatic rings. The molecule has 3 rings (SSSR count). The van der Waals surface area contributed by atoms with Crippen molar-refractivity contribution < 1.29 is 9.53 Å². The lowest BCUT2D eigenvalue weighted by Gasteiger charge is -2.36. The third-order valence-corrected chi connectivity index (χ3v) is 12.7. The fraction of sp³-hybridized carbons (Fsp3) is 0.810. The van der Waals surface area contributed by atoms with E-state index in [1.54, 1.807) is 11.3 Å². The second kappa shape index (κ2) is 6.77. The van der Waals surface area contributed by atoms with Gasteiger partial charge >= 0.3 is 0 Å². The Morgan fingerprint density at radius 1 is 1.40 bits per heavy atom. The number of hydrogen-bond acceptors (Lipinski definition) is 3. The summed E-state index contributed by atoms with van der Waals surface area (Å²) >= 11 is 1.67. The minimum atomic E-state index is -1.60. The standard InChI is InChI=1S/C21H36O2SSi/c1-20(2,3)25(5,6)23-14-15-12-16(15)17-13-21(17,4)10-9-18(22)19-8-7-11-24-19/h7-8,11,15-18,22H,9-10,12-14H2,1-6H3/t15-,16+,17-,18?,21+/m1/s1. The van der Waals surface area contributed by atoms with Crippen LogP contribution in [-0.4, -0.2) is 20.0 Å². The molecule has 2 saturated carbocycles. The molecule has 2 nitrogen and oxygen atoms in total. The average Bonchev–Trinajstić information content (AvgIpc) is 3.34. The second-order valence-corrected chi connectivity index (χ2v) is 16.1. The molecular formula is C21H36O2SSi. The van der Waals surface area contributed by atoms with Crippen LogP contribution < -0.4 is 0 Å². The van der Waals surface area contributed by atoms with Crippen LogP contribution in [0.5, 0.6) is 0 Å². The highest BCUT2D eigenvalue weighted by Crippen LogP contribution is 2.67. The van der Waals surface area contributed by atoms with E-state index in [0.29, 0.717) is 10.5 Å². The predicted octanol–water partition coefficient (Wildman–Crippen LogP) is 6.25. The van der Waals surface area contributed by atoms with Crippen molar-refractivity contribution in [3.8, 4) is 0 Å². The van der Waals surface area contributed by atoms with Gasteiger partial charge in [-0.3, -0.25) is 0 Å². The van der Waals surface area contributed by atoms with E-state index in [1.165, 1.54) is 12.8 Å². The van der Waals surface area contributed by atoms with E-state index < -0.39 is 8.32 Å². The normalized spacial score (nSPS) is 33.3. The Morgan fingerprint density at radius 2 is 2.12 bits per heavy atom. The first-order chi connectivity index (χ1) is 11.5. The molecule has 5 atom stereocenters. The maximum atomic E-state index is 10.3. The van der Waals surface area contributed by atoms with Crippen molar-refractivity contribution in [2.45, 2.75) is 77.6 Å². The molecule has 1 heterocycles. The first-order valence-electron chi connectivity index (χ1n) is 9.89. The van der Waals surface area contributed by atoms with E-state index >= 15 is 0 Å². The van der Waals surface area contributed by atoms with Gasteiger partial charge in [0.1, 0.15) is 0 Å². The van der Waals surface area contributed by atoms with Crippen molar-refractivity contribution in [1.82, 2.24) is 0 Å². The Morgan fingerprint density at radius 3 is 2.72 bits per heavy atom. The molecule has 2 fully saturated rings. The van der Waals surface area contributed by atoms with Gasteiger partial charge in [-0.2, -0.15) is 0 Å². The molecule has 0 aliphatic heterocycles. The van der Waals surface area contributed by atoms with Gasteiger partial charge in [0, 0.05) is 11.5 Å². The van der Waals surface area contributed by atoms with E-state index in [2.05, 4.69) is 52.2 Å². The van der Waals surface area contributed by atoms with Gasteiger partial charge in [-0.15, -0.1) is 11.3 Å². The van der Waals surface area contributed by atoms with Crippen LogP contribution >= 0.6 is 11.3 Å². The topological polar surface area (TPSA) is 29.5 Å². The molecule has 0 bridgehead atoms. The summed E-state index contributed by atoms with van der Waals surface area (Å²) < 4.78 is 6.44. The van der Waals surface area contributed by atoms with Crippen molar-refractivity contribution in [3.05, 3.63) is 22.4 Å². The van der Waals surface area contributed by atoms with E-state index in [0.717, 1.165) is 42.1 Å². The summed E-state index contributed by atoms with van der Waals surface area (Å²) in [5.74, 6) is 2.55. The van der Waals surface area contributed by atoms with Crippen molar-refractivity contribution in [3.63, 3.8) is 0 Å². The third-order valence-electron chi connectivity index (χ3n) is 7.24. The molecule has 1 aromatic heterocycles. The van der Waals surface area contributed by atoms with Crippen LogP contribution in [0.3, 0.4) is 0 Å². The molecule has 0 aromatic carbocycles. The highest BCUT2D eigenvalue weighted by atomic mass is 32.1. The van der Waals surface area contributed by atoms with Crippen molar-refractivity contribution in [2.75, 3.05) is 6.61 Å². The highest BCUT2D eigenvalue weighted by molar-refractivity contribution is 7.10. The van der Waals surface area contributed by atoms with Crippen LogP contribution in [0.25, 0.3) is 0 Å². The second-order valence-electron chi connectivity index (χ2n) is 10.3. The minimum Gasteiger partial charge on any atom is -0.417 e. The van der Waals surface area contributed by atoms with E-state index in [4.69, 9.17) is 4.43 Å². The quantitative estimate of drug-likeness (QED) is 0.540. The number of rotatable bonds is 8. The smallest absolute Gasteiger partial charge is 0.191 e. The SMILES string of the molecule is CC(C)(C)[Si](C)(C)OC[C@H]1C[C@@H]1[C@H]1C[C@]1(C)CCC(O)c1cccs1. The molecule has 0 radical (unpaired) electrons. The Hall–Kier alpha value is -0.163. The van der Waals surface area contributed by atoms with Gasteiger partial charge in [0.2, 0.25) is 0 Å². The summed E-state index contributed by atoms with van der Waals surface area (Å²) in [6.07, 6.45) is 4.51. The molecule has 25 heavy (non-hydrogen) atoms. The number of hydrogen-bond donors (Lipinski definition) is 1. The predicted molar refractivity (Wildman–Crippen MR) is 109 cm³/mol. The molecule has 0 amide bonds. The van der Waals surface area contributed by atoms with Crippen LogP contribution in [0.4, 0.5) is 0 Å². The maximum absolute atomic E-state index is 10.3. The van der Waals surface area contributed by atoms with Gasteiger partial charge in [-0.05, 0) is 78.4 Å². The summed E-state index contributed by atoms with van der Waals surface area (Å²) in [5.41, 5.74) is 0.467. The highest BCUT2D eigenvalue weighted by Gasteiger charge is 2.60. The molecule has 1 N–H and O–H groups in total. The molecule has 142 valence electrons. The number of aliphatic hydroxyl groups excluding tert-OH is 1. The van der Waals surface area contributed by atoms with Crippen LogP contribution in [-0.2, 0) is 4.43 Å². The van der Waals surface area contributed by atoms with E-state index in [-0.39, 0.29) is 6.10 Å². The number of thiophene rings is 1. The monoisotopic (exact) mass is 380 g/mol. The van der Waals surface area contributed by atoms with Crippen LogP contribution in [0, 0.1) is 23.2 Å². The Balaban J connectivity index is 1.41. The van der Waals surface area contributed by atoms with Gasteiger partial charge in [0.15, 0.2) is 8.32 Å². The van der Waals surface area contributed by atoms with Crippen LogP contribution in [0.15, 0.2) is 17.5 Å². The summed E-state index contributed by atoms with van der Waals surface area (Å²) in [7, 11) is -1.60. The Labute approximate surface area is 159 Å². The van der Waals surface area contributed by atoms with Crippen molar-refractivity contribution in [2.24, 2.45) is 23.2 Å². The first-order valence-corrected chi connectivity index (χ1v) is 13.7. The number of aliphatic hydroxyl groups is 1. The zero-order valence-corrected chi connectivity index (χ0v) is 18.7. The zero-order valence-electron chi connectivity index (χ0n) is 16.8. The van der Waals surface area contributed by atoms with Gasteiger partial charge in [0.25, 0.3) is 0 Å². The summed E-state index contributed by atoms with van der Waals surface area (Å²) in [6, 6.07) is 4.08. The molecule has 4 heteroatoms. The lowest BCUT2D eigenvalue weighted by molar-refractivity contribution is 0.156. The third kappa shape index (κ3) is 4.40. The minimum absolute atomic E-state index is 0.269. The lowest BCUT2D eigenvalue weighted by atomic mass is 9.95. The average molecular weight is 381 g/mol. The molecule has 2 aliphatic carbocycles. The van der Waals surface area contributed by atoms with E-state index in [1.807, 2.05) is 6.07 Å². The molecule has 1 unspecified atom stereocenters. The summed E-state index contributed by atoms with van der Waals surface area (Å²) in [6.45, 7) is 15.1. The maximum Gasteiger partial charge on any atom is 0.191 e. The van der Waals surface area contributed by atoms with Gasteiger partial charge < -0.3 is 9.53 Å². The largest absolute Gasteiger partial charge is 0.417 e. The fourth-order valence-corrected chi connectivity index (χ4v) is 5.79. The molecule has 1 aromatic rings. The van der Waals surface area contributed by atoms with Crippen molar-refractivity contribution in [1.29, 1.82) is 0 Å². The zero-order chi connectivity index (χ0) is 18.5. The van der Waals surface area contributed by atoms with Gasteiger partial charge in [-0.25, -0.2) is 0 Å².